The topological polar surface area (TPSA) is 277 Å². The maximum Gasteiger partial charge on any atom is 0.243 e. The van der Waals surface area contributed by atoms with Gasteiger partial charge in [0.15, 0.2) is 0 Å². The largest absolute Gasteiger partial charge is 0.370 e. The van der Waals surface area contributed by atoms with Gasteiger partial charge in [-0.1, -0.05) is 45.9 Å². The maximum atomic E-state index is 14.0. The zero-order valence-electron chi connectivity index (χ0n) is 31.7. The molecule has 1 heterocycles. The standard InChI is InChI=1S/C36H55N9O8S/c1-19(2)15-27(41-21(5)46)34(51)43-26(13-14-54-6)33(50)42-25(11-12-29(37)47)32(49)44-28(16-22-17-39-24-10-8-7-9-23(22)24)35(52)45-31(20(3)4)36(53)40-18-30(38)48/h7-10,17,19-20,25-28,31,39H,11-16,18H2,1-6H3,(H2,37,47)(H2,38,48)(H,40,53)(H,41,46)(H,42,50)(H,43,51)(H,44,49)(H,45,52)/t25-,26-,27-,28-,31-/m0/s1. The van der Waals surface area contributed by atoms with Crippen LogP contribution in [0.3, 0.4) is 0 Å². The molecule has 0 fully saturated rings. The molecule has 0 aliphatic rings. The van der Waals surface area contributed by atoms with Crippen LogP contribution in [0.5, 0.6) is 0 Å². The molecule has 0 aliphatic carbocycles. The number of primary amides is 2. The molecule has 1 aromatic heterocycles. The number of H-pyrrole nitrogens is 1. The molecular formula is C36H55N9O8S. The fraction of sp³-hybridized carbons (Fsp3) is 0.556. The van der Waals surface area contributed by atoms with Crippen molar-refractivity contribution in [2.45, 2.75) is 96.9 Å². The van der Waals surface area contributed by atoms with Gasteiger partial charge in [0.2, 0.25) is 47.3 Å². The third-order valence-electron chi connectivity index (χ3n) is 8.37. The summed E-state index contributed by atoms with van der Waals surface area (Å²) in [6, 6.07) is 1.52. The van der Waals surface area contributed by atoms with Gasteiger partial charge in [-0.2, -0.15) is 11.8 Å². The molecule has 0 saturated heterocycles. The van der Waals surface area contributed by atoms with E-state index in [1.54, 1.807) is 20.0 Å². The Bertz CT molecular complexity index is 1650. The van der Waals surface area contributed by atoms with Gasteiger partial charge < -0.3 is 48.4 Å². The summed E-state index contributed by atoms with van der Waals surface area (Å²) in [6.45, 7) is 7.98. The van der Waals surface area contributed by atoms with Gasteiger partial charge in [-0.15, -0.1) is 0 Å². The predicted molar refractivity (Wildman–Crippen MR) is 205 cm³/mol. The lowest BCUT2D eigenvalue weighted by atomic mass is 10.00. The second-order valence-electron chi connectivity index (χ2n) is 13.8. The highest BCUT2D eigenvalue weighted by atomic mass is 32.2. The van der Waals surface area contributed by atoms with E-state index >= 15 is 0 Å². The van der Waals surface area contributed by atoms with Crippen molar-refractivity contribution in [3.8, 4) is 0 Å². The lowest BCUT2D eigenvalue weighted by Gasteiger charge is -2.28. The van der Waals surface area contributed by atoms with E-state index in [2.05, 4.69) is 36.9 Å². The molecule has 18 heteroatoms. The number of hydrogen-bond donors (Lipinski definition) is 9. The van der Waals surface area contributed by atoms with Crippen LogP contribution in [0.4, 0.5) is 0 Å². The van der Waals surface area contributed by atoms with Gasteiger partial charge in [0.05, 0.1) is 6.54 Å². The predicted octanol–water partition coefficient (Wildman–Crippen LogP) is -0.523. The first-order chi connectivity index (χ1) is 25.4. The van der Waals surface area contributed by atoms with Crippen molar-refractivity contribution in [3.05, 3.63) is 36.0 Å². The zero-order valence-corrected chi connectivity index (χ0v) is 32.5. The van der Waals surface area contributed by atoms with Crippen LogP contribution in [0, 0.1) is 11.8 Å². The number of benzene rings is 1. The monoisotopic (exact) mass is 773 g/mol. The summed E-state index contributed by atoms with van der Waals surface area (Å²) >= 11 is 1.43. The molecule has 298 valence electrons. The number of aromatic nitrogens is 1. The number of fused-ring (bicyclic) bond motifs is 1. The minimum atomic E-state index is -1.38. The highest BCUT2D eigenvalue weighted by molar-refractivity contribution is 7.98. The Labute approximate surface area is 319 Å². The van der Waals surface area contributed by atoms with Crippen LogP contribution in [0.2, 0.25) is 0 Å². The summed E-state index contributed by atoms with van der Waals surface area (Å²) < 4.78 is 0. The highest BCUT2D eigenvalue weighted by Crippen LogP contribution is 2.20. The minimum Gasteiger partial charge on any atom is -0.370 e. The third-order valence-corrected chi connectivity index (χ3v) is 9.02. The number of nitrogens with one attached hydrogen (secondary N) is 7. The number of aromatic amines is 1. The van der Waals surface area contributed by atoms with Gasteiger partial charge in [0, 0.05) is 36.9 Å². The fourth-order valence-corrected chi connectivity index (χ4v) is 6.10. The van der Waals surface area contributed by atoms with Gasteiger partial charge in [0.25, 0.3) is 0 Å². The first kappa shape index (κ1) is 45.0. The van der Waals surface area contributed by atoms with Crippen LogP contribution in [0.15, 0.2) is 30.5 Å². The zero-order chi connectivity index (χ0) is 40.5. The molecular weight excluding hydrogens is 719 g/mol. The number of carbonyl (C=O) groups is 8. The van der Waals surface area contributed by atoms with Crippen molar-refractivity contribution in [1.82, 2.24) is 36.9 Å². The van der Waals surface area contributed by atoms with E-state index in [0.29, 0.717) is 17.7 Å². The van der Waals surface area contributed by atoms with Crippen molar-refractivity contribution in [1.29, 1.82) is 0 Å². The molecule has 0 unspecified atom stereocenters. The number of rotatable bonds is 23. The van der Waals surface area contributed by atoms with Gasteiger partial charge in [-0.05, 0) is 54.7 Å². The molecule has 0 saturated carbocycles. The van der Waals surface area contributed by atoms with Crippen LogP contribution in [-0.2, 0) is 44.8 Å². The number of amides is 8. The van der Waals surface area contributed by atoms with Crippen molar-refractivity contribution in [3.63, 3.8) is 0 Å². The van der Waals surface area contributed by atoms with Gasteiger partial charge in [-0.3, -0.25) is 38.4 Å². The molecule has 54 heavy (non-hydrogen) atoms. The summed E-state index contributed by atoms with van der Waals surface area (Å²) in [4.78, 5) is 106. The third kappa shape index (κ3) is 15.1. The fourth-order valence-electron chi connectivity index (χ4n) is 5.63. The Hall–Kier alpha value is -5.13. The Morgan fingerprint density at radius 1 is 0.722 bits per heavy atom. The Balaban J connectivity index is 2.43. The Morgan fingerprint density at radius 3 is 1.85 bits per heavy atom. The van der Waals surface area contributed by atoms with E-state index < -0.39 is 89.9 Å². The summed E-state index contributed by atoms with van der Waals surface area (Å²) in [7, 11) is 0. The molecule has 11 N–H and O–H groups in total. The smallest absolute Gasteiger partial charge is 0.243 e. The number of hydrogen-bond acceptors (Lipinski definition) is 9. The average Bonchev–Trinajstić information content (AvgIpc) is 3.50. The lowest BCUT2D eigenvalue weighted by molar-refractivity contribution is -0.135. The van der Waals surface area contributed by atoms with E-state index in [0.717, 1.165) is 10.9 Å². The van der Waals surface area contributed by atoms with Crippen LogP contribution in [0.1, 0.15) is 65.9 Å². The van der Waals surface area contributed by atoms with E-state index in [9.17, 15) is 38.4 Å². The van der Waals surface area contributed by atoms with Crippen LogP contribution >= 0.6 is 11.8 Å². The first-order valence-electron chi connectivity index (χ1n) is 17.8. The van der Waals surface area contributed by atoms with Gasteiger partial charge in [-0.25, -0.2) is 0 Å². The van der Waals surface area contributed by atoms with Crippen molar-refractivity contribution < 1.29 is 38.4 Å². The maximum absolute atomic E-state index is 14.0. The Kier molecular flexibility index (Phi) is 18.5. The molecule has 5 atom stereocenters. The summed E-state index contributed by atoms with van der Waals surface area (Å²) in [5.74, 6) is -5.38. The average molecular weight is 774 g/mol. The number of thioether (sulfide) groups is 1. The summed E-state index contributed by atoms with van der Waals surface area (Å²) in [5.41, 5.74) is 12.0. The van der Waals surface area contributed by atoms with E-state index in [1.165, 1.54) is 18.7 Å². The van der Waals surface area contributed by atoms with Gasteiger partial charge in [0.1, 0.15) is 30.2 Å². The van der Waals surface area contributed by atoms with E-state index in [4.69, 9.17) is 11.5 Å². The molecule has 2 rings (SSSR count). The number of carbonyl (C=O) groups excluding carboxylic acids is 8. The van der Waals surface area contributed by atoms with E-state index in [1.807, 2.05) is 44.4 Å². The molecule has 0 bridgehead atoms. The molecule has 1 aromatic carbocycles. The SMILES string of the molecule is CSCC[C@H](NC(=O)[C@H](CC(C)C)NC(C)=O)C(=O)N[C@@H](CCC(N)=O)C(=O)N[C@@H](Cc1c[nH]c2ccccc12)C(=O)N[C@H](C(=O)NCC(N)=O)C(C)C. The molecule has 0 aliphatic heterocycles. The molecule has 2 aromatic rings. The minimum absolute atomic E-state index is 0.0431. The second kappa shape index (κ2) is 22.2. The Morgan fingerprint density at radius 2 is 1.30 bits per heavy atom. The highest BCUT2D eigenvalue weighted by Gasteiger charge is 2.34. The van der Waals surface area contributed by atoms with Crippen LogP contribution in [0.25, 0.3) is 10.9 Å². The van der Waals surface area contributed by atoms with Crippen molar-refractivity contribution in [2.75, 3.05) is 18.6 Å². The normalized spacial score (nSPS) is 13.9. The van der Waals surface area contributed by atoms with Gasteiger partial charge >= 0.3 is 0 Å². The van der Waals surface area contributed by atoms with Crippen LogP contribution < -0.4 is 43.4 Å². The lowest BCUT2D eigenvalue weighted by Crippen LogP contribution is -2.60. The van der Waals surface area contributed by atoms with Crippen molar-refractivity contribution >= 4 is 69.9 Å². The van der Waals surface area contributed by atoms with Crippen LogP contribution in [-0.4, -0.2) is 101 Å². The number of nitrogens with two attached hydrogens (primary N) is 2. The molecule has 0 spiro atoms. The summed E-state index contributed by atoms with van der Waals surface area (Å²) in [5, 5.41) is 16.5. The molecule has 17 nitrogen and oxygen atoms in total. The molecule has 0 radical (unpaired) electrons. The first-order valence-corrected chi connectivity index (χ1v) is 19.2. The van der Waals surface area contributed by atoms with Crippen molar-refractivity contribution in [2.24, 2.45) is 23.3 Å². The molecule has 8 amide bonds. The quantitative estimate of drug-likeness (QED) is 0.0702. The summed E-state index contributed by atoms with van der Waals surface area (Å²) in [6.07, 6.45) is 3.43. The van der Waals surface area contributed by atoms with E-state index in [-0.39, 0.29) is 31.6 Å². The second-order valence-corrected chi connectivity index (χ2v) is 14.8. The number of para-hydroxylation sites is 1.